The summed E-state index contributed by atoms with van der Waals surface area (Å²) in [7, 11) is 0. The Morgan fingerprint density at radius 1 is 1.31 bits per heavy atom. The van der Waals surface area contributed by atoms with Gasteiger partial charge in [0.15, 0.2) is 0 Å². The first-order chi connectivity index (χ1) is 7.43. The average Bonchev–Trinajstić information content (AvgIpc) is 2.25. The lowest BCUT2D eigenvalue weighted by molar-refractivity contribution is -0.137. The third-order valence-electron chi connectivity index (χ3n) is 2.01. The van der Waals surface area contributed by atoms with Gasteiger partial charge in [0.05, 0.1) is 5.56 Å². The standard InChI is InChI=1S/C11H11F4N/c12-10(7-16)5-4-8-2-1-3-9(6-8)11(13,14)15/h1-3,5-6H,4,7,16H2/b10-5+. The minimum Gasteiger partial charge on any atom is -0.325 e. The van der Waals surface area contributed by atoms with Crippen LogP contribution in [-0.4, -0.2) is 6.54 Å². The SMILES string of the molecule is NC/C(F)=C\Cc1cccc(C(F)(F)F)c1. The smallest absolute Gasteiger partial charge is 0.325 e. The van der Waals surface area contributed by atoms with E-state index in [9.17, 15) is 17.6 Å². The number of hydrogen-bond acceptors (Lipinski definition) is 1. The van der Waals surface area contributed by atoms with Crippen LogP contribution in [0.2, 0.25) is 0 Å². The third kappa shape index (κ3) is 3.66. The minimum atomic E-state index is -4.37. The molecule has 0 heterocycles. The summed E-state index contributed by atoms with van der Waals surface area (Å²) in [5, 5.41) is 0. The summed E-state index contributed by atoms with van der Waals surface area (Å²) in [6, 6.07) is 4.79. The van der Waals surface area contributed by atoms with Crippen molar-refractivity contribution in [2.24, 2.45) is 5.73 Å². The van der Waals surface area contributed by atoms with Gasteiger partial charge >= 0.3 is 6.18 Å². The van der Waals surface area contributed by atoms with Crippen LogP contribution >= 0.6 is 0 Å². The predicted molar refractivity (Wildman–Crippen MR) is 53.4 cm³/mol. The van der Waals surface area contributed by atoms with Crippen molar-refractivity contribution in [2.75, 3.05) is 6.54 Å². The Bertz CT molecular complexity index is 382. The zero-order valence-electron chi connectivity index (χ0n) is 8.39. The van der Waals surface area contributed by atoms with E-state index < -0.39 is 17.6 Å². The lowest BCUT2D eigenvalue weighted by Gasteiger charge is -2.07. The van der Waals surface area contributed by atoms with Gasteiger partial charge in [-0.2, -0.15) is 13.2 Å². The quantitative estimate of drug-likeness (QED) is 0.798. The molecule has 0 saturated heterocycles. The van der Waals surface area contributed by atoms with Gasteiger partial charge in [0, 0.05) is 6.54 Å². The number of rotatable bonds is 3. The Kier molecular flexibility index (Phi) is 4.06. The Hall–Kier alpha value is -1.36. The lowest BCUT2D eigenvalue weighted by atomic mass is 10.1. The molecule has 0 aliphatic rings. The number of alkyl halides is 3. The van der Waals surface area contributed by atoms with E-state index in [2.05, 4.69) is 0 Å². The normalized spacial score (nSPS) is 12.9. The van der Waals surface area contributed by atoms with Crippen LogP contribution in [0.15, 0.2) is 36.2 Å². The van der Waals surface area contributed by atoms with Gasteiger partial charge in [-0.3, -0.25) is 0 Å². The van der Waals surface area contributed by atoms with Gasteiger partial charge < -0.3 is 5.73 Å². The van der Waals surface area contributed by atoms with Crippen LogP contribution in [-0.2, 0) is 12.6 Å². The van der Waals surface area contributed by atoms with Crippen LogP contribution in [0.25, 0.3) is 0 Å². The maximum absolute atomic E-state index is 12.7. The molecule has 0 amide bonds. The minimum absolute atomic E-state index is 0.104. The van der Waals surface area contributed by atoms with E-state index in [1.807, 2.05) is 0 Å². The molecule has 0 saturated carbocycles. The van der Waals surface area contributed by atoms with Crippen LogP contribution in [0.1, 0.15) is 11.1 Å². The second-order valence-electron chi connectivity index (χ2n) is 3.26. The van der Waals surface area contributed by atoms with Gasteiger partial charge in [0.1, 0.15) is 5.83 Å². The second-order valence-corrected chi connectivity index (χ2v) is 3.26. The molecule has 0 aliphatic heterocycles. The van der Waals surface area contributed by atoms with Crippen molar-refractivity contribution < 1.29 is 17.6 Å². The Morgan fingerprint density at radius 3 is 2.56 bits per heavy atom. The first-order valence-electron chi connectivity index (χ1n) is 4.64. The molecule has 0 spiro atoms. The molecule has 0 bridgehead atoms. The number of nitrogens with two attached hydrogens (primary N) is 1. The molecule has 16 heavy (non-hydrogen) atoms. The first kappa shape index (κ1) is 12.7. The van der Waals surface area contributed by atoms with E-state index in [0.717, 1.165) is 12.1 Å². The fraction of sp³-hybridized carbons (Fsp3) is 0.273. The zero-order valence-corrected chi connectivity index (χ0v) is 8.39. The Morgan fingerprint density at radius 2 is 2.00 bits per heavy atom. The highest BCUT2D eigenvalue weighted by Crippen LogP contribution is 2.29. The summed E-state index contributed by atoms with van der Waals surface area (Å²) < 4.78 is 49.6. The summed E-state index contributed by atoms with van der Waals surface area (Å²) in [6.07, 6.45) is -3.09. The summed E-state index contributed by atoms with van der Waals surface area (Å²) in [5.74, 6) is -0.530. The number of halogens is 4. The Balaban J connectivity index is 2.84. The van der Waals surface area contributed by atoms with Gasteiger partial charge in [-0.1, -0.05) is 18.2 Å². The highest BCUT2D eigenvalue weighted by molar-refractivity contribution is 5.27. The molecule has 0 atom stereocenters. The third-order valence-corrected chi connectivity index (χ3v) is 2.01. The van der Waals surface area contributed by atoms with E-state index in [1.165, 1.54) is 18.2 Å². The lowest BCUT2D eigenvalue weighted by Crippen LogP contribution is -2.05. The van der Waals surface area contributed by atoms with Crippen LogP contribution in [0.3, 0.4) is 0 Å². The maximum Gasteiger partial charge on any atom is 0.416 e. The first-order valence-corrected chi connectivity index (χ1v) is 4.64. The van der Waals surface area contributed by atoms with E-state index in [0.29, 0.717) is 5.56 Å². The van der Waals surface area contributed by atoms with E-state index in [1.54, 1.807) is 0 Å². The molecule has 0 radical (unpaired) electrons. The summed E-state index contributed by atoms with van der Waals surface area (Å²) in [6.45, 7) is -0.237. The molecule has 2 N–H and O–H groups in total. The van der Waals surface area contributed by atoms with Crippen LogP contribution < -0.4 is 5.73 Å². The monoisotopic (exact) mass is 233 g/mol. The molecular formula is C11H11F4N. The van der Waals surface area contributed by atoms with Crippen molar-refractivity contribution >= 4 is 0 Å². The van der Waals surface area contributed by atoms with E-state index >= 15 is 0 Å². The summed E-state index contributed by atoms with van der Waals surface area (Å²) in [4.78, 5) is 0. The summed E-state index contributed by atoms with van der Waals surface area (Å²) in [5.41, 5.74) is 4.68. The van der Waals surface area contributed by atoms with Crippen molar-refractivity contribution in [3.63, 3.8) is 0 Å². The topological polar surface area (TPSA) is 26.0 Å². The molecule has 1 aromatic rings. The number of allylic oxidation sites excluding steroid dienone is 1. The van der Waals surface area contributed by atoms with Crippen molar-refractivity contribution in [3.05, 3.63) is 47.3 Å². The molecule has 1 aromatic carbocycles. The van der Waals surface area contributed by atoms with Crippen molar-refractivity contribution in [3.8, 4) is 0 Å². The second kappa shape index (κ2) is 5.12. The molecule has 0 aliphatic carbocycles. The highest BCUT2D eigenvalue weighted by atomic mass is 19.4. The molecule has 1 nitrogen and oxygen atoms in total. The average molecular weight is 233 g/mol. The van der Waals surface area contributed by atoms with Crippen LogP contribution in [0, 0.1) is 0 Å². The molecule has 0 fully saturated rings. The fourth-order valence-corrected chi connectivity index (χ4v) is 1.19. The number of benzene rings is 1. The maximum atomic E-state index is 12.7. The van der Waals surface area contributed by atoms with Crippen LogP contribution in [0.5, 0.6) is 0 Å². The molecule has 1 rings (SSSR count). The van der Waals surface area contributed by atoms with Crippen molar-refractivity contribution in [1.82, 2.24) is 0 Å². The highest BCUT2D eigenvalue weighted by Gasteiger charge is 2.30. The van der Waals surface area contributed by atoms with Gasteiger partial charge in [-0.25, -0.2) is 4.39 Å². The molecule has 0 aromatic heterocycles. The molecule has 5 heteroatoms. The Labute approximate surface area is 90.6 Å². The largest absolute Gasteiger partial charge is 0.416 e. The van der Waals surface area contributed by atoms with Gasteiger partial charge in [-0.05, 0) is 24.1 Å². The molecule has 0 unspecified atom stereocenters. The van der Waals surface area contributed by atoms with Crippen LogP contribution in [0.4, 0.5) is 17.6 Å². The predicted octanol–water partition coefficient (Wildman–Crippen LogP) is 3.06. The zero-order chi connectivity index (χ0) is 12.2. The van der Waals surface area contributed by atoms with Crippen molar-refractivity contribution in [2.45, 2.75) is 12.6 Å². The van der Waals surface area contributed by atoms with Crippen molar-refractivity contribution in [1.29, 1.82) is 0 Å². The van der Waals surface area contributed by atoms with Gasteiger partial charge in [0.25, 0.3) is 0 Å². The number of hydrogen-bond donors (Lipinski definition) is 1. The van der Waals surface area contributed by atoms with E-state index in [-0.39, 0.29) is 13.0 Å². The summed E-state index contributed by atoms with van der Waals surface area (Å²) >= 11 is 0. The van der Waals surface area contributed by atoms with Gasteiger partial charge in [-0.15, -0.1) is 0 Å². The molecular weight excluding hydrogens is 222 g/mol. The van der Waals surface area contributed by atoms with E-state index in [4.69, 9.17) is 5.73 Å². The van der Waals surface area contributed by atoms with Gasteiger partial charge in [0.2, 0.25) is 0 Å². The fourth-order valence-electron chi connectivity index (χ4n) is 1.19. The molecule has 88 valence electrons.